The molecule has 1 aliphatic rings. The number of carbonyl (C=O) groups excluding carboxylic acids is 1. The average Bonchev–Trinajstić information content (AvgIpc) is 3.72. The summed E-state index contributed by atoms with van der Waals surface area (Å²) in [6.07, 6.45) is 5.59. The van der Waals surface area contributed by atoms with Gasteiger partial charge < -0.3 is 14.4 Å². The molecule has 0 N–H and O–H groups in total. The number of para-hydroxylation sites is 1. The maximum absolute atomic E-state index is 13.9. The van der Waals surface area contributed by atoms with Crippen LogP contribution in [0.3, 0.4) is 0 Å². The maximum atomic E-state index is 13.9. The molecule has 1 saturated carbocycles. The van der Waals surface area contributed by atoms with E-state index in [-0.39, 0.29) is 11.9 Å². The zero-order chi connectivity index (χ0) is 22.8. The Kier molecular flexibility index (Phi) is 5.65. The molecule has 4 aromatic rings. The second kappa shape index (κ2) is 8.90. The molecule has 1 fully saturated rings. The average molecular weight is 440 g/mol. The van der Waals surface area contributed by atoms with Gasteiger partial charge in [0.25, 0.3) is 5.91 Å². The second-order valence-corrected chi connectivity index (χ2v) is 8.16. The standard InChI is InChI=1S/C27H25N3O3/c1-32-25-10-7-19(15-26(25)33-2)24-16-22(21-5-3-4-6-23(21)29-24)27(31)30(20-8-9-20)17-18-11-13-28-14-12-18/h3-7,10-16,20H,8-9,17H2,1-2H3. The summed E-state index contributed by atoms with van der Waals surface area (Å²) < 4.78 is 10.8. The topological polar surface area (TPSA) is 64.5 Å². The fourth-order valence-electron chi connectivity index (χ4n) is 4.09. The van der Waals surface area contributed by atoms with Crippen molar-refractivity contribution in [3.05, 3.63) is 84.2 Å². The molecular weight excluding hydrogens is 414 g/mol. The number of fused-ring (bicyclic) bond motifs is 1. The van der Waals surface area contributed by atoms with Gasteiger partial charge in [-0.1, -0.05) is 18.2 Å². The summed E-state index contributed by atoms with van der Waals surface area (Å²) in [5, 5.41) is 0.854. The Hall–Kier alpha value is -3.93. The third-order valence-corrected chi connectivity index (χ3v) is 5.98. The maximum Gasteiger partial charge on any atom is 0.255 e. The Morgan fingerprint density at radius 1 is 0.970 bits per heavy atom. The first-order valence-corrected chi connectivity index (χ1v) is 11.0. The summed E-state index contributed by atoms with van der Waals surface area (Å²) in [4.78, 5) is 24.8. The summed E-state index contributed by atoms with van der Waals surface area (Å²) >= 11 is 0. The molecule has 0 aliphatic heterocycles. The van der Waals surface area contributed by atoms with E-state index in [4.69, 9.17) is 14.5 Å². The van der Waals surface area contributed by atoms with Crippen LogP contribution >= 0.6 is 0 Å². The summed E-state index contributed by atoms with van der Waals surface area (Å²) in [5.41, 5.74) is 4.10. The van der Waals surface area contributed by atoms with E-state index in [0.717, 1.165) is 40.6 Å². The van der Waals surface area contributed by atoms with Crippen LogP contribution in [0, 0.1) is 0 Å². The van der Waals surface area contributed by atoms with Crippen LogP contribution in [0.2, 0.25) is 0 Å². The molecule has 0 radical (unpaired) electrons. The van der Waals surface area contributed by atoms with Crippen LogP contribution in [0.4, 0.5) is 0 Å². The van der Waals surface area contributed by atoms with Crippen LogP contribution < -0.4 is 9.47 Å². The number of rotatable bonds is 7. The monoisotopic (exact) mass is 439 g/mol. The Morgan fingerprint density at radius 3 is 2.45 bits per heavy atom. The van der Waals surface area contributed by atoms with E-state index in [9.17, 15) is 4.79 Å². The van der Waals surface area contributed by atoms with Crippen LogP contribution in [-0.4, -0.2) is 41.0 Å². The molecule has 2 aromatic heterocycles. The first-order valence-electron chi connectivity index (χ1n) is 11.0. The van der Waals surface area contributed by atoms with Crippen LogP contribution in [0.1, 0.15) is 28.8 Å². The number of benzene rings is 2. The lowest BCUT2D eigenvalue weighted by atomic mass is 10.0. The highest BCUT2D eigenvalue weighted by Gasteiger charge is 2.34. The normalized spacial score (nSPS) is 13.0. The zero-order valence-electron chi connectivity index (χ0n) is 18.7. The Morgan fingerprint density at radius 2 is 1.73 bits per heavy atom. The molecule has 6 nitrogen and oxygen atoms in total. The molecule has 166 valence electrons. The van der Waals surface area contributed by atoms with Gasteiger partial charge in [0.05, 0.1) is 31.0 Å². The van der Waals surface area contributed by atoms with Crippen molar-refractivity contribution in [1.29, 1.82) is 0 Å². The van der Waals surface area contributed by atoms with Gasteiger partial charge in [0.2, 0.25) is 0 Å². The SMILES string of the molecule is COc1ccc(-c2cc(C(=O)N(Cc3ccncc3)C3CC3)c3ccccc3n2)cc1OC. The molecule has 0 saturated heterocycles. The minimum absolute atomic E-state index is 0.0228. The van der Waals surface area contributed by atoms with Crippen molar-refractivity contribution in [3.8, 4) is 22.8 Å². The third-order valence-electron chi connectivity index (χ3n) is 5.98. The Bertz CT molecular complexity index is 1300. The van der Waals surface area contributed by atoms with Gasteiger partial charge in [0.1, 0.15) is 0 Å². The lowest BCUT2D eigenvalue weighted by molar-refractivity contribution is 0.0732. The number of methoxy groups -OCH3 is 2. The number of nitrogens with zero attached hydrogens (tertiary/aromatic N) is 3. The quantitative estimate of drug-likeness (QED) is 0.400. The minimum atomic E-state index is 0.0228. The van der Waals surface area contributed by atoms with Gasteiger partial charge in [-0.3, -0.25) is 9.78 Å². The van der Waals surface area contributed by atoms with Gasteiger partial charge in [-0.05, 0) is 60.9 Å². The van der Waals surface area contributed by atoms with E-state index in [0.29, 0.717) is 23.6 Å². The van der Waals surface area contributed by atoms with Crippen molar-refractivity contribution in [1.82, 2.24) is 14.9 Å². The molecule has 2 heterocycles. The van der Waals surface area contributed by atoms with Crippen molar-refractivity contribution < 1.29 is 14.3 Å². The number of carbonyl (C=O) groups is 1. The van der Waals surface area contributed by atoms with Gasteiger partial charge in [0, 0.05) is 35.9 Å². The van der Waals surface area contributed by atoms with Crippen LogP contribution in [0.25, 0.3) is 22.2 Å². The molecule has 0 atom stereocenters. The fraction of sp³-hybridized carbons (Fsp3) is 0.222. The van der Waals surface area contributed by atoms with Crippen molar-refractivity contribution in [2.45, 2.75) is 25.4 Å². The zero-order valence-corrected chi connectivity index (χ0v) is 18.7. The highest BCUT2D eigenvalue weighted by Crippen LogP contribution is 2.35. The van der Waals surface area contributed by atoms with Gasteiger partial charge in [0.15, 0.2) is 11.5 Å². The molecule has 5 rings (SSSR count). The smallest absolute Gasteiger partial charge is 0.255 e. The number of amides is 1. The molecule has 0 unspecified atom stereocenters. The molecule has 6 heteroatoms. The van der Waals surface area contributed by atoms with Crippen LogP contribution in [0.5, 0.6) is 11.5 Å². The van der Waals surface area contributed by atoms with Crippen molar-refractivity contribution in [2.75, 3.05) is 14.2 Å². The predicted octanol–water partition coefficient (Wildman–Crippen LogP) is 5.12. The molecule has 0 bridgehead atoms. The summed E-state index contributed by atoms with van der Waals surface area (Å²) in [6.45, 7) is 0.564. The first kappa shape index (κ1) is 20.9. The van der Waals surface area contributed by atoms with E-state index in [1.54, 1.807) is 26.6 Å². The van der Waals surface area contributed by atoms with E-state index in [1.807, 2.05) is 65.6 Å². The van der Waals surface area contributed by atoms with Gasteiger partial charge >= 0.3 is 0 Å². The van der Waals surface area contributed by atoms with Crippen LogP contribution in [-0.2, 0) is 6.54 Å². The fourth-order valence-corrected chi connectivity index (χ4v) is 4.09. The third kappa shape index (κ3) is 4.24. The van der Waals surface area contributed by atoms with Crippen molar-refractivity contribution in [2.24, 2.45) is 0 Å². The number of hydrogen-bond donors (Lipinski definition) is 0. The lowest BCUT2D eigenvalue weighted by Crippen LogP contribution is -2.32. The van der Waals surface area contributed by atoms with E-state index >= 15 is 0 Å². The lowest BCUT2D eigenvalue weighted by Gasteiger charge is -2.24. The van der Waals surface area contributed by atoms with Gasteiger partial charge in [-0.25, -0.2) is 4.98 Å². The second-order valence-electron chi connectivity index (χ2n) is 8.16. The molecular formula is C27H25N3O3. The highest BCUT2D eigenvalue weighted by molar-refractivity contribution is 6.07. The molecule has 0 spiro atoms. The Balaban J connectivity index is 1.59. The number of hydrogen-bond acceptors (Lipinski definition) is 5. The van der Waals surface area contributed by atoms with Gasteiger partial charge in [-0.2, -0.15) is 0 Å². The van der Waals surface area contributed by atoms with E-state index in [1.165, 1.54) is 0 Å². The summed E-state index contributed by atoms with van der Waals surface area (Å²) in [7, 11) is 3.22. The summed E-state index contributed by atoms with van der Waals surface area (Å²) in [6, 6.07) is 19.6. The minimum Gasteiger partial charge on any atom is -0.493 e. The largest absolute Gasteiger partial charge is 0.493 e. The molecule has 2 aromatic carbocycles. The van der Waals surface area contributed by atoms with Crippen LogP contribution in [0.15, 0.2) is 73.1 Å². The summed E-state index contributed by atoms with van der Waals surface area (Å²) in [5.74, 6) is 1.29. The first-order chi connectivity index (χ1) is 16.2. The van der Waals surface area contributed by atoms with E-state index in [2.05, 4.69) is 4.98 Å². The van der Waals surface area contributed by atoms with Gasteiger partial charge in [-0.15, -0.1) is 0 Å². The molecule has 1 amide bonds. The molecule has 33 heavy (non-hydrogen) atoms. The predicted molar refractivity (Wildman–Crippen MR) is 127 cm³/mol. The highest BCUT2D eigenvalue weighted by atomic mass is 16.5. The number of ether oxygens (including phenoxy) is 2. The molecule has 1 aliphatic carbocycles. The van der Waals surface area contributed by atoms with Crippen molar-refractivity contribution in [3.63, 3.8) is 0 Å². The Labute approximate surface area is 192 Å². The van der Waals surface area contributed by atoms with Crippen molar-refractivity contribution >= 4 is 16.8 Å². The number of pyridine rings is 2. The van der Waals surface area contributed by atoms with E-state index < -0.39 is 0 Å². The number of aromatic nitrogens is 2.